The van der Waals surface area contributed by atoms with Crippen molar-refractivity contribution in [3.05, 3.63) is 21.8 Å². The van der Waals surface area contributed by atoms with E-state index in [2.05, 4.69) is 26.1 Å². The number of aromatic nitrogens is 2. The van der Waals surface area contributed by atoms with Crippen LogP contribution in [0, 0.1) is 5.41 Å². The Hall–Kier alpha value is -1.21. The van der Waals surface area contributed by atoms with Crippen LogP contribution < -0.4 is 0 Å². The Kier molecular flexibility index (Phi) is 4.05. The SMILES string of the molecule is CC(C)(CC(=O)O)Cc1nc(-c2ccc(Br)s2)no1. The average Bonchev–Trinajstić information content (AvgIpc) is 2.84. The molecule has 0 unspecified atom stereocenters. The number of aliphatic carboxylic acids is 1. The van der Waals surface area contributed by atoms with E-state index in [0.29, 0.717) is 18.1 Å². The Morgan fingerprint density at radius 3 is 2.84 bits per heavy atom. The molecule has 7 heteroatoms. The van der Waals surface area contributed by atoms with Crippen LogP contribution in [0.5, 0.6) is 0 Å². The highest BCUT2D eigenvalue weighted by Gasteiger charge is 2.25. The van der Waals surface area contributed by atoms with E-state index in [4.69, 9.17) is 9.63 Å². The van der Waals surface area contributed by atoms with Crippen LogP contribution in [-0.4, -0.2) is 21.2 Å². The van der Waals surface area contributed by atoms with Gasteiger partial charge in [0.15, 0.2) is 0 Å². The second kappa shape index (κ2) is 5.42. The lowest BCUT2D eigenvalue weighted by Gasteiger charge is -2.19. The highest BCUT2D eigenvalue weighted by atomic mass is 79.9. The number of halogens is 1. The first-order valence-corrected chi connectivity index (χ1v) is 7.27. The molecule has 0 saturated carbocycles. The second-order valence-electron chi connectivity index (χ2n) is 5.03. The van der Waals surface area contributed by atoms with Gasteiger partial charge < -0.3 is 9.63 Å². The van der Waals surface area contributed by atoms with Crippen molar-refractivity contribution in [2.45, 2.75) is 26.7 Å². The molecule has 1 N–H and O–H groups in total. The number of thiophene rings is 1. The molecule has 0 saturated heterocycles. The van der Waals surface area contributed by atoms with Crippen molar-refractivity contribution in [2.75, 3.05) is 0 Å². The molecule has 0 radical (unpaired) electrons. The summed E-state index contributed by atoms with van der Waals surface area (Å²) in [5.74, 6) is 0.175. The minimum Gasteiger partial charge on any atom is -0.481 e. The maximum Gasteiger partial charge on any atom is 0.303 e. The Labute approximate surface area is 122 Å². The molecule has 2 aromatic rings. The number of nitrogens with zero attached hydrogens (tertiary/aromatic N) is 2. The fraction of sp³-hybridized carbons (Fsp3) is 0.417. The zero-order valence-electron chi connectivity index (χ0n) is 10.5. The van der Waals surface area contributed by atoms with Crippen LogP contribution in [0.25, 0.3) is 10.7 Å². The zero-order valence-corrected chi connectivity index (χ0v) is 12.9. The largest absolute Gasteiger partial charge is 0.481 e. The molecule has 0 bridgehead atoms. The summed E-state index contributed by atoms with van der Waals surface area (Å²) in [6, 6.07) is 3.83. The molecule has 2 rings (SSSR count). The number of hydrogen-bond acceptors (Lipinski definition) is 5. The van der Waals surface area contributed by atoms with E-state index in [0.717, 1.165) is 8.66 Å². The fourth-order valence-electron chi connectivity index (χ4n) is 1.74. The van der Waals surface area contributed by atoms with Crippen LogP contribution in [0.15, 0.2) is 20.4 Å². The lowest BCUT2D eigenvalue weighted by Crippen LogP contribution is -2.19. The lowest BCUT2D eigenvalue weighted by atomic mass is 9.86. The molecule has 2 aromatic heterocycles. The third-order valence-corrected chi connectivity index (χ3v) is 4.14. The molecule has 0 amide bonds. The molecule has 0 fully saturated rings. The quantitative estimate of drug-likeness (QED) is 0.896. The van der Waals surface area contributed by atoms with Gasteiger partial charge in [0, 0.05) is 6.42 Å². The molecule has 19 heavy (non-hydrogen) atoms. The van der Waals surface area contributed by atoms with Gasteiger partial charge in [0.2, 0.25) is 11.7 Å². The summed E-state index contributed by atoms with van der Waals surface area (Å²) < 4.78 is 6.18. The third kappa shape index (κ3) is 3.87. The normalized spacial score (nSPS) is 11.7. The predicted molar refractivity (Wildman–Crippen MR) is 75.0 cm³/mol. The molecule has 0 aliphatic carbocycles. The summed E-state index contributed by atoms with van der Waals surface area (Å²) in [7, 11) is 0. The number of carbonyl (C=O) groups is 1. The molecular weight excluding hydrogens is 332 g/mol. The zero-order chi connectivity index (χ0) is 14.0. The van der Waals surface area contributed by atoms with Crippen LogP contribution >= 0.6 is 27.3 Å². The number of carboxylic acids is 1. The van der Waals surface area contributed by atoms with Crippen molar-refractivity contribution >= 4 is 33.2 Å². The summed E-state index contributed by atoms with van der Waals surface area (Å²) in [6.07, 6.45) is 0.508. The van der Waals surface area contributed by atoms with E-state index in [-0.39, 0.29) is 6.42 Å². The van der Waals surface area contributed by atoms with E-state index in [1.807, 2.05) is 26.0 Å². The van der Waals surface area contributed by atoms with Gasteiger partial charge in [0.25, 0.3) is 0 Å². The maximum atomic E-state index is 10.8. The van der Waals surface area contributed by atoms with Crippen molar-refractivity contribution in [1.82, 2.24) is 10.1 Å². The summed E-state index contributed by atoms with van der Waals surface area (Å²) >= 11 is 4.90. The number of rotatable bonds is 5. The molecule has 5 nitrogen and oxygen atoms in total. The van der Waals surface area contributed by atoms with Gasteiger partial charge in [-0.1, -0.05) is 19.0 Å². The molecule has 102 valence electrons. The van der Waals surface area contributed by atoms with Crippen LogP contribution in [0.4, 0.5) is 0 Å². The predicted octanol–water partition coefficient (Wildman–Crippen LogP) is 3.60. The summed E-state index contributed by atoms with van der Waals surface area (Å²) in [6.45, 7) is 3.74. The van der Waals surface area contributed by atoms with Crippen molar-refractivity contribution < 1.29 is 14.4 Å². The Morgan fingerprint density at radius 1 is 1.53 bits per heavy atom. The van der Waals surface area contributed by atoms with Crippen LogP contribution in [-0.2, 0) is 11.2 Å². The Bertz CT molecular complexity index is 591. The van der Waals surface area contributed by atoms with Gasteiger partial charge in [-0.3, -0.25) is 4.79 Å². The van der Waals surface area contributed by atoms with Crippen molar-refractivity contribution in [3.63, 3.8) is 0 Å². The van der Waals surface area contributed by atoms with Gasteiger partial charge in [-0.15, -0.1) is 11.3 Å². The van der Waals surface area contributed by atoms with E-state index in [1.165, 1.54) is 11.3 Å². The third-order valence-electron chi connectivity index (χ3n) is 2.52. The standard InChI is InChI=1S/C12H13BrN2O3S/c1-12(2,6-10(16)17)5-9-14-11(15-18-9)7-3-4-8(13)19-7/h3-4H,5-6H2,1-2H3,(H,16,17). The average molecular weight is 345 g/mol. The molecule has 0 aliphatic heterocycles. The summed E-state index contributed by atoms with van der Waals surface area (Å²) in [4.78, 5) is 16.0. The molecule has 0 spiro atoms. The topological polar surface area (TPSA) is 76.2 Å². The van der Waals surface area contributed by atoms with Crippen LogP contribution in [0.3, 0.4) is 0 Å². The highest BCUT2D eigenvalue weighted by molar-refractivity contribution is 9.11. The van der Waals surface area contributed by atoms with Gasteiger partial charge in [0.1, 0.15) is 0 Å². The second-order valence-corrected chi connectivity index (χ2v) is 7.49. The van der Waals surface area contributed by atoms with E-state index >= 15 is 0 Å². The van der Waals surface area contributed by atoms with Crippen molar-refractivity contribution in [1.29, 1.82) is 0 Å². The van der Waals surface area contributed by atoms with Gasteiger partial charge >= 0.3 is 5.97 Å². The van der Waals surface area contributed by atoms with E-state index < -0.39 is 11.4 Å². The summed E-state index contributed by atoms with van der Waals surface area (Å²) in [5.41, 5.74) is -0.411. The summed E-state index contributed by atoms with van der Waals surface area (Å²) in [5, 5.41) is 12.8. The Balaban J connectivity index is 2.11. The number of carboxylic acid groups (broad SMARTS) is 1. The first-order valence-electron chi connectivity index (χ1n) is 5.66. The molecular formula is C12H13BrN2O3S. The van der Waals surface area contributed by atoms with E-state index in [9.17, 15) is 4.79 Å². The molecule has 0 atom stereocenters. The van der Waals surface area contributed by atoms with Crippen molar-refractivity contribution in [3.8, 4) is 10.7 Å². The first-order chi connectivity index (χ1) is 8.85. The van der Waals surface area contributed by atoms with Gasteiger partial charge in [-0.2, -0.15) is 4.98 Å². The van der Waals surface area contributed by atoms with E-state index in [1.54, 1.807) is 0 Å². The first kappa shape index (κ1) is 14.2. The van der Waals surface area contributed by atoms with Crippen LogP contribution in [0.2, 0.25) is 0 Å². The number of hydrogen-bond donors (Lipinski definition) is 1. The minimum absolute atomic E-state index is 0.0647. The van der Waals surface area contributed by atoms with Crippen molar-refractivity contribution in [2.24, 2.45) is 5.41 Å². The Morgan fingerprint density at radius 2 is 2.26 bits per heavy atom. The monoisotopic (exact) mass is 344 g/mol. The maximum absolute atomic E-state index is 10.8. The van der Waals surface area contributed by atoms with Gasteiger partial charge in [0.05, 0.1) is 15.1 Å². The smallest absolute Gasteiger partial charge is 0.303 e. The lowest BCUT2D eigenvalue weighted by molar-refractivity contribution is -0.139. The van der Waals surface area contributed by atoms with Gasteiger partial charge in [-0.25, -0.2) is 0 Å². The highest BCUT2D eigenvalue weighted by Crippen LogP contribution is 2.31. The fourth-order valence-corrected chi connectivity index (χ4v) is 3.05. The van der Waals surface area contributed by atoms with Crippen LogP contribution in [0.1, 0.15) is 26.2 Å². The molecule has 2 heterocycles. The molecule has 0 aromatic carbocycles. The minimum atomic E-state index is -0.827. The molecule has 0 aliphatic rings. The van der Waals surface area contributed by atoms with Gasteiger partial charge in [-0.05, 0) is 33.5 Å².